The van der Waals surface area contributed by atoms with Gasteiger partial charge in [0.25, 0.3) is 5.91 Å². The number of amides is 1. The van der Waals surface area contributed by atoms with Gasteiger partial charge in [0.05, 0.1) is 11.3 Å². The van der Waals surface area contributed by atoms with Crippen LogP contribution in [0.15, 0.2) is 83.5 Å². The second-order valence-electron chi connectivity index (χ2n) is 6.48. The molecule has 1 heterocycles. The van der Waals surface area contributed by atoms with E-state index in [0.29, 0.717) is 10.7 Å². The van der Waals surface area contributed by atoms with Gasteiger partial charge in [-0.25, -0.2) is 9.38 Å². The number of anilines is 1. The van der Waals surface area contributed by atoms with E-state index in [2.05, 4.69) is 4.99 Å². The molecule has 28 heavy (non-hydrogen) atoms. The fourth-order valence-electron chi connectivity index (χ4n) is 3.06. The molecule has 0 saturated carbocycles. The van der Waals surface area contributed by atoms with Crippen LogP contribution in [0.2, 0.25) is 5.02 Å². The molecular formula is C23H16ClFN2O. The van der Waals surface area contributed by atoms with Gasteiger partial charge in [-0.3, -0.25) is 9.69 Å². The van der Waals surface area contributed by atoms with Crippen molar-refractivity contribution in [1.82, 2.24) is 0 Å². The van der Waals surface area contributed by atoms with Gasteiger partial charge in [-0.2, -0.15) is 0 Å². The highest BCUT2D eigenvalue weighted by molar-refractivity contribution is 6.33. The Morgan fingerprint density at radius 3 is 2.46 bits per heavy atom. The van der Waals surface area contributed by atoms with E-state index in [4.69, 9.17) is 11.6 Å². The van der Waals surface area contributed by atoms with Gasteiger partial charge in [-0.05, 0) is 60.5 Å². The maximum absolute atomic E-state index is 14.5. The fourth-order valence-corrected chi connectivity index (χ4v) is 3.19. The summed E-state index contributed by atoms with van der Waals surface area (Å²) >= 11 is 5.93. The predicted octanol–water partition coefficient (Wildman–Crippen LogP) is 5.62. The molecule has 0 atom stereocenters. The van der Waals surface area contributed by atoms with Crippen LogP contribution in [-0.2, 0) is 4.79 Å². The Morgan fingerprint density at radius 1 is 1.00 bits per heavy atom. The lowest BCUT2D eigenvalue weighted by atomic mass is 10.1. The average molecular weight is 391 g/mol. The summed E-state index contributed by atoms with van der Waals surface area (Å²) in [6.45, 7) is 1.94. The van der Waals surface area contributed by atoms with E-state index >= 15 is 0 Å². The van der Waals surface area contributed by atoms with Crippen LogP contribution in [0.3, 0.4) is 0 Å². The van der Waals surface area contributed by atoms with Crippen molar-refractivity contribution in [2.24, 2.45) is 4.99 Å². The molecule has 5 heteroatoms. The van der Waals surface area contributed by atoms with Crippen LogP contribution in [0, 0.1) is 12.7 Å². The molecule has 0 saturated heterocycles. The van der Waals surface area contributed by atoms with E-state index in [0.717, 1.165) is 11.1 Å². The van der Waals surface area contributed by atoms with Crippen LogP contribution < -0.4 is 4.90 Å². The fraction of sp³-hybridized carbons (Fsp3) is 0.0435. The molecule has 0 N–H and O–H groups in total. The molecule has 3 aromatic carbocycles. The van der Waals surface area contributed by atoms with Crippen LogP contribution in [-0.4, -0.2) is 11.7 Å². The van der Waals surface area contributed by atoms with Crippen LogP contribution in [0.25, 0.3) is 6.08 Å². The maximum atomic E-state index is 14.5. The van der Waals surface area contributed by atoms with E-state index in [1.165, 1.54) is 11.0 Å². The zero-order chi connectivity index (χ0) is 19.7. The van der Waals surface area contributed by atoms with Crippen molar-refractivity contribution in [2.75, 3.05) is 4.90 Å². The molecule has 4 rings (SSSR count). The number of amidine groups is 1. The lowest BCUT2D eigenvalue weighted by molar-refractivity contribution is -0.113. The molecular weight excluding hydrogens is 375 g/mol. The Morgan fingerprint density at radius 2 is 1.75 bits per heavy atom. The van der Waals surface area contributed by atoms with Gasteiger partial charge in [0, 0.05) is 5.02 Å². The van der Waals surface area contributed by atoms with Gasteiger partial charge in [0.2, 0.25) is 0 Å². The molecule has 0 spiro atoms. The van der Waals surface area contributed by atoms with Crippen molar-refractivity contribution < 1.29 is 9.18 Å². The standard InChI is InChI=1S/C23H16ClFN2O/c1-15-5-4-6-18(13-15)27-22(19-7-2-3-8-20(19)25)26-21(23(27)28)14-16-9-11-17(24)12-10-16/h2-14H,1H3/b21-14+. The van der Waals surface area contributed by atoms with Crippen molar-refractivity contribution in [3.8, 4) is 0 Å². The average Bonchev–Trinajstić information content (AvgIpc) is 3.00. The topological polar surface area (TPSA) is 32.7 Å². The maximum Gasteiger partial charge on any atom is 0.282 e. The highest BCUT2D eigenvalue weighted by Gasteiger charge is 2.33. The number of aryl methyl sites for hydroxylation is 1. The summed E-state index contributed by atoms with van der Waals surface area (Å²) in [4.78, 5) is 19.1. The monoisotopic (exact) mass is 390 g/mol. The van der Waals surface area contributed by atoms with Crippen molar-refractivity contribution >= 4 is 35.1 Å². The smallest absolute Gasteiger partial charge is 0.266 e. The largest absolute Gasteiger partial charge is 0.282 e. The molecule has 0 aliphatic carbocycles. The van der Waals surface area contributed by atoms with Crippen LogP contribution >= 0.6 is 11.6 Å². The minimum atomic E-state index is -0.431. The molecule has 1 aliphatic heterocycles. The Balaban J connectivity index is 1.85. The molecule has 0 aromatic heterocycles. The quantitative estimate of drug-likeness (QED) is 0.534. The molecule has 0 bridgehead atoms. The first-order valence-electron chi connectivity index (χ1n) is 8.75. The molecule has 138 valence electrons. The number of halogens is 2. The first kappa shape index (κ1) is 18.1. The third kappa shape index (κ3) is 3.47. The lowest BCUT2D eigenvalue weighted by Crippen LogP contribution is -2.33. The number of hydrogen-bond acceptors (Lipinski definition) is 2. The third-order valence-corrected chi connectivity index (χ3v) is 4.66. The summed E-state index contributed by atoms with van der Waals surface area (Å²) in [5.41, 5.74) is 2.94. The van der Waals surface area contributed by atoms with Crippen LogP contribution in [0.5, 0.6) is 0 Å². The van der Waals surface area contributed by atoms with E-state index in [9.17, 15) is 9.18 Å². The van der Waals surface area contributed by atoms with Gasteiger partial charge < -0.3 is 0 Å². The summed E-state index contributed by atoms with van der Waals surface area (Å²) in [6.07, 6.45) is 1.68. The summed E-state index contributed by atoms with van der Waals surface area (Å²) in [7, 11) is 0. The van der Waals surface area contributed by atoms with Crippen LogP contribution in [0.1, 0.15) is 16.7 Å². The van der Waals surface area contributed by atoms with E-state index in [1.54, 1.807) is 48.5 Å². The zero-order valence-electron chi connectivity index (χ0n) is 15.1. The number of carbonyl (C=O) groups excluding carboxylic acids is 1. The number of benzene rings is 3. The Hall–Kier alpha value is -3.24. The van der Waals surface area contributed by atoms with E-state index in [-0.39, 0.29) is 23.0 Å². The summed E-state index contributed by atoms with van der Waals surface area (Å²) in [6, 6.07) is 20.9. The molecule has 3 aromatic rings. The summed E-state index contributed by atoms with van der Waals surface area (Å²) < 4.78 is 14.5. The van der Waals surface area contributed by atoms with Gasteiger partial charge in [0.1, 0.15) is 11.5 Å². The van der Waals surface area contributed by atoms with Crippen molar-refractivity contribution in [1.29, 1.82) is 0 Å². The third-order valence-electron chi connectivity index (χ3n) is 4.41. The Bertz CT molecular complexity index is 1120. The minimum Gasteiger partial charge on any atom is -0.266 e. The number of aliphatic imine (C=N–C) groups is 1. The van der Waals surface area contributed by atoms with Crippen molar-refractivity contribution in [3.05, 3.63) is 106 Å². The Kier molecular flexibility index (Phi) is 4.80. The highest BCUT2D eigenvalue weighted by atomic mass is 35.5. The number of rotatable bonds is 3. The van der Waals surface area contributed by atoms with Gasteiger partial charge in [0.15, 0.2) is 5.84 Å². The van der Waals surface area contributed by atoms with Crippen molar-refractivity contribution in [2.45, 2.75) is 6.92 Å². The summed E-state index contributed by atoms with van der Waals surface area (Å²) in [5.74, 6) is -0.466. The van der Waals surface area contributed by atoms with Gasteiger partial charge in [-0.1, -0.05) is 48.0 Å². The molecule has 0 unspecified atom stereocenters. The normalized spacial score (nSPS) is 15.2. The molecule has 3 nitrogen and oxygen atoms in total. The van der Waals surface area contributed by atoms with E-state index in [1.807, 2.05) is 31.2 Å². The molecule has 0 fully saturated rings. The predicted molar refractivity (Wildman–Crippen MR) is 111 cm³/mol. The zero-order valence-corrected chi connectivity index (χ0v) is 15.8. The van der Waals surface area contributed by atoms with Crippen LogP contribution in [0.4, 0.5) is 10.1 Å². The second kappa shape index (κ2) is 7.41. The molecule has 1 amide bonds. The molecule has 1 aliphatic rings. The Labute approximate surface area is 167 Å². The SMILES string of the molecule is Cc1cccc(N2C(=O)/C(=C\c3ccc(Cl)cc3)N=C2c2ccccc2F)c1. The number of carbonyl (C=O) groups is 1. The second-order valence-corrected chi connectivity index (χ2v) is 6.91. The highest BCUT2D eigenvalue weighted by Crippen LogP contribution is 2.29. The van der Waals surface area contributed by atoms with Crippen molar-refractivity contribution in [3.63, 3.8) is 0 Å². The molecule has 0 radical (unpaired) electrons. The van der Waals surface area contributed by atoms with Gasteiger partial charge in [-0.15, -0.1) is 0 Å². The minimum absolute atomic E-state index is 0.238. The number of nitrogens with zero attached hydrogens (tertiary/aromatic N) is 2. The summed E-state index contributed by atoms with van der Waals surface area (Å²) in [5, 5.41) is 0.608. The first-order valence-corrected chi connectivity index (χ1v) is 9.13. The number of hydrogen-bond donors (Lipinski definition) is 0. The van der Waals surface area contributed by atoms with E-state index < -0.39 is 5.82 Å². The first-order chi connectivity index (χ1) is 13.5. The van der Waals surface area contributed by atoms with Gasteiger partial charge >= 0.3 is 0 Å². The lowest BCUT2D eigenvalue weighted by Gasteiger charge is -2.19.